The normalized spacial score (nSPS) is 21.0. The number of hydrogen-bond acceptors (Lipinski definition) is 6. The zero-order valence-corrected chi connectivity index (χ0v) is 18.5. The molecule has 0 amide bonds. The van der Waals surface area contributed by atoms with Crippen molar-refractivity contribution in [3.05, 3.63) is 60.4 Å². The van der Waals surface area contributed by atoms with Crippen molar-refractivity contribution < 1.29 is 9.53 Å². The summed E-state index contributed by atoms with van der Waals surface area (Å²) in [5.74, 6) is -0.197. The van der Waals surface area contributed by atoms with E-state index < -0.39 is 0 Å². The third-order valence-electron chi connectivity index (χ3n) is 8.15. The van der Waals surface area contributed by atoms with Crippen molar-refractivity contribution in [1.29, 1.82) is 0 Å². The molecule has 0 aromatic heterocycles. The maximum atomic E-state index is 11.9. The minimum atomic E-state index is -0.304. The molecule has 0 atom stereocenters. The Labute approximate surface area is 182 Å². The number of cyclic esters (lactones) is 1. The van der Waals surface area contributed by atoms with Gasteiger partial charge >= 0.3 is 5.97 Å². The predicted molar refractivity (Wildman–Crippen MR) is 120 cm³/mol. The van der Waals surface area contributed by atoms with Gasteiger partial charge in [0.2, 0.25) is 10.9 Å². The lowest BCUT2D eigenvalue weighted by atomic mass is 9.71. The van der Waals surface area contributed by atoms with E-state index in [1.54, 1.807) is 6.92 Å². The molecule has 0 saturated carbocycles. The summed E-state index contributed by atoms with van der Waals surface area (Å²) in [6.07, 6.45) is 5.63. The summed E-state index contributed by atoms with van der Waals surface area (Å²) in [6, 6.07) is 4.01. The fourth-order valence-electron chi connectivity index (χ4n) is 5.78. The highest BCUT2D eigenvalue weighted by Crippen LogP contribution is 2.42. The summed E-state index contributed by atoms with van der Waals surface area (Å²) in [5, 5.41) is 0. The summed E-state index contributed by atoms with van der Waals surface area (Å²) < 4.78 is 5.18. The number of carbonyl (C=O) groups excluding carboxylic acids is 1. The van der Waals surface area contributed by atoms with Crippen LogP contribution in [0, 0.1) is 19.3 Å². The largest absolute Gasteiger partial charge is 0.457 e. The van der Waals surface area contributed by atoms with E-state index in [4.69, 9.17) is 4.74 Å². The molecule has 0 bridgehead atoms. The average molecular weight is 423 g/mol. The number of fused-ring (bicyclic) bond motifs is 1. The SMILES string of the molecule is Cc1c(CCN2CCC3(CC2)CCN(c2c(C)c(=O)c2=O)CC3)ccc2c1COC2=O. The topological polar surface area (TPSA) is 66.9 Å². The number of ether oxygens (including phenoxy) is 1. The Hall–Kier alpha value is -2.47. The molecule has 0 N–H and O–H groups in total. The molecule has 0 aliphatic carbocycles. The van der Waals surface area contributed by atoms with Crippen molar-refractivity contribution in [2.24, 2.45) is 5.41 Å². The lowest BCUT2D eigenvalue weighted by molar-refractivity contribution is 0.0535. The summed E-state index contributed by atoms with van der Waals surface area (Å²) in [4.78, 5) is 39.9. The van der Waals surface area contributed by atoms with Crippen LogP contribution in [0.4, 0.5) is 5.69 Å². The Morgan fingerprint density at radius 1 is 0.903 bits per heavy atom. The van der Waals surface area contributed by atoms with Crippen molar-refractivity contribution in [3.63, 3.8) is 0 Å². The first kappa shape index (κ1) is 20.4. The van der Waals surface area contributed by atoms with Crippen LogP contribution in [0.3, 0.4) is 0 Å². The van der Waals surface area contributed by atoms with Crippen molar-refractivity contribution in [2.45, 2.75) is 52.6 Å². The van der Waals surface area contributed by atoms with Crippen molar-refractivity contribution in [1.82, 2.24) is 4.90 Å². The molecule has 164 valence electrons. The molecule has 2 aromatic carbocycles. The number of anilines is 1. The summed E-state index contributed by atoms with van der Waals surface area (Å²) in [7, 11) is 0. The number of benzene rings is 1. The van der Waals surface area contributed by atoms with Gasteiger partial charge in [0, 0.05) is 30.8 Å². The second-order valence-corrected chi connectivity index (χ2v) is 9.66. The molecule has 1 spiro atoms. The van der Waals surface area contributed by atoms with Crippen LogP contribution in [-0.2, 0) is 17.8 Å². The Balaban J connectivity index is 1.14. The van der Waals surface area contributed by atoms with E-state index >= 15 is 0 Å². The van der Waals surface area contributed by atoms with Crippen LogP contribution < -0.4 is 15.8 Å². The lowest BCUT2D eigenvalue weighted by Crippen LogP contribution is -2.50. The number of likely N-dealkylation sites (tertiary alicyclic amines) is 1. The quantitative estimate of drug-likeness (QED) is 0.557. The van der Waals surface area contributed by atoms with Gasteiger partial charge in [0.05, 0.1) is 11.3 Å². The maximum absolute atomic E-state index is 11.9. The Morgan fingerprint density at radius 2 is 1.58 bits per heavy atom. The van der Waals surface area contributed by atoms with Crippen LogP contribution in [0.25, 0.3) is 0 Å². The van der Waals surface area contributed by atoms with Crippen LogP contribution in [-0.4, -0.2) is 43.6 Å². The molecule has 3 aliphatic heterocycles. The number of carbonyl (C=O) groups is 1. The maximum Gasteiger partial charge on any atom is 0.338 e. The third-order valence-corrected chi connectivity index (χ3v) is 8.15. The Kier molecular flexibility index (Phi) is 5.00. The highest BCUT2D eigenvalue weighted by Gasteiger charge is 2.39. The molecule has 0 radical (unpaired) electrons. The standard InChI is InChI=1S/C25H30N2O4/c1-16-18(3-4-19-20(16)15-31-24(19)30)5-10-26-11-6-25(7-12-26)8-13-27(14-9-25)21-17(2)22(28)23(21)29/h3-4H,5-15H2,1-2H3. The second-order valence-electron chi connectivity index (χ2n) is 9.66. The third kappa shape index (κ3) is 3.41. The molecular weight excluding hydrogens is 392 g/mol. The van der Waals surface area contributed by atoms with Crippen LogP contribution in [0.2, 0.25) is 0 Å². The van der Waals surface area contributed by atoms with E-state index in [0.29, 0.717) is 23.3 Å². The first-order valence-electron chi connectivity index (χ1n) is 11.4. The van der Waals surface area contributed by atoms with E-state index in [-0.39, 0.29) is 16.8 Å². The molecule has 3 aliphatic rings. The minimum absolute atomic E-state index is 0.197. The van der Waals surface area contributed by atoms with Gasteiger partial charge in [-0.3, -0.25) is 9.59 Å². The Bertz CT molecular complexity index is 1090. The van der Waals surface area contributed by atoms with Crippen molar-refractivity contribution in [3.8, 4) is 0 Å². The molecule has 5 rings (SSSR count). The number of nitrogens with zero attached hydrogens (tertiary/aromatic N) is 2. The molecular formula is C25H30N2O4. The number of rotatable bonds is 4. The monoisotopic (exact) mass is 422 g/mol. The highest BCUT2D eigenvalue weighted by molar-refractivity contribution is 5.93. The fourth-order valence-corrected chi connectivity index (χ4v) is 5.78. The lowest BCUT2D eigenvalue weighted by Gasteiger charge is -2.47. The number of piperidine rings is 2. The van der Waals surface area contributed by atoms with E-state index in [1.807, 2.05) is 6.07 Å². The summed E-state index contributed by atoms with van der Waals surface area (Å²) >= 11 is 0. The molecule has 2 fully saturated rings. The average Bonchev–Trinajstić information content (AvgIpc) is 3.17. The second kappa shape index (κ2) is 7.59. The molecule has 3 heterocycles. The van der Waals surface area contributed by atoms with Crippen LogP contribution >= 0.6 is 0 Å². The van der Waals surface area contributed by atoms with Crippen LogP contribution in [0.5, 0.6) is 0 Å². The molecule has 2 saturated heterocycles. The number of esters is 1. The van der Waals surface area contributed by atoms with E-state index in [0.717, 1.165) is 63.1 Å². The fraction of sp³-hybridized carbons (Fsp3) is 0.560. The smallest absolute Gasteiger partial charge is 0.338 e. The van der Waals surface area contributed by atoms with E-state index in [1.165, 1.54) is 24.0 Å². The van der Waals surface area contributed by atoms with Gasteiger partial charge in [0.1, 0.15) is 6.61 Å². The van der Waals surface area contributed by atoms with Crippen LogP contribution in [0.1, 0.15) is 58.3 Å². The van der Waals surface area contributed by atoms with Gasteiger partial charge in [-0.2, -0.15) is 0 Å². The van der Waals surface area contributed by atoms with Gasteiger partial charge < -0.3 is 14.5 Å². The van der Waals surface area contributed by atoms with Gasteiger partial charge in [-0.25, -0.2) is 4.79 Å². The molecule has 31 heavy (non-hydrogen) atoms. The minimum Gasteiger partial charge on any atom is -0.457 e. The van der Waals surface area contributed by atoms with E-state index in [9.17, 15) is 14.4 Å². The van der Waals surface area contributed by atoms with Gasteiger partial charge in [0.25, 0.3) is 0 Å². The predicted octanol–water partition coefficient (Wildman–Crippen LogP) is 2.49. The van der Waals surface area contributed by atoms with Crippen molar-refractivity contribution in [2.75, 3.05) is 37.6 Å². The van der Waals surface area contributed by atoms with Gasteiger partial charge in [-0.1, -0.05) is 6.07 Å². The molecule has 6 heteroatoms. The first-order valence-corrected chi connectivity index (χ1v) is 11.4. The number of hydrogen-bond donors (Lipinski definition) is 0. The first-order chi connectivity index (χ1) is 14.9. The highest BCUT2D eigenvalue weighted by atomic mass is 16.5. The van der Waals surface area contributed by atoms with E-state index in [2.05, 4.69) is 22.8 Å². The molecule has 6 nitrogen and oxygen atoms in total. The van der Waals surface area contributed by atoms with Gasteiger partial charge in [0.15, 0.2) is 0 Å². The zero-order chi connectivity index (χ0) is 21.8. The molecule has 2 aromatic rings. The van der Waals surface area contributed by atoms with Gasteiger partial charge in [-0.15, -0.1) is 0 Å². The summed E-state index contributed by atoms with van der Waals surface area (Å²) in [6.45, 7) is 9.34. The van der Waals surface area contributed by atoms with Crippen LogP contribution in [0.15, 0.2) is 21.7 Å². The van der Waals surface area contributed by atoms with Gasteiger partial charge in [-0.05, 0) is 81.6 Å². The van der Waals surface area contributed by atoms with Crippen molar-refractivity contribution >= 4 is 11.7 Å². The zero-order valence-electron chi connectivity index (χ0n) is 18.5. The molecule has 0 unspecified atom stereocenters. The Morgan fingerprint density at radius 3 is 2.26 bits per heavy atom. The summed E-state index contributed by atoms with van der Waals surface area (Å²) in [5.41, 5.74) is 5.42.